The summed E-state index contributed by atoms with van der Waals surface area (Å²) in [5.41, 5.74) is 0.926. The lowest BCUT2D eigenvalue weighted by Crippen LogP contribution is -2.57. The fraction of sp³-hybridized carbons (Fsp3) is 0.625. The normalized spacial score (nSPS) is 19.1. The summed E-state index contributed by atoms with van der Waals surface area (Å²) in [7, 11) is 0. The van der Waals surface area contributed by atoms with Crippen LogP contribution in [0.1, 0.15) is 52.5 Å². The van der Waals surface area contributed by atoms with Gasteiger partial charge >= 0.3 is 5.97 Å². The Kier molecular flexibility index (Phi) is 9.49. The molecule has 0 radical (unpaired) electrons. The zero-order valence-electron chi connectivity index (χ0n) is 19.2. The van der Waals surface area contributed by atoms with E-state index in [1.54, 1.807) is 0 Å². The number of carbonyl (C=O) groups excluding carboxylic acids is 2. The van der Waals surface area contributed by atoms with Crippen LogP contribution < -0.4 is 5.32 Å². The van der Waals surface area contributed by atoms with E-state index < -0.39 is 18.1 Å². The van der Waals surface area contributed by atoms with Crippen molar-refractivity contribution in [3.63, 3.8) is 0 Å². The first-order chi connectivity index (χ1) is 14.8. The molecule has 1 aromatic rings. The molecule has 2 rings (SSSR count). The van der Waals surface area contributed by atoms with E-state index in [-0.39, 0.29) is 23.8 Å². The van der Waals surface area contributed by atoms with Gasteiger partial charge in [-0.15, -0.1) is 0 Å². The van der Waals surface area contributed by atoms with Gasteiger partial charge in [0.05, 0.1) is 6.04 Å². The summed E-state index contributed by atoms with van der Waals surface area (Å²) in [6.45, 7) is 10.1. The van der Waals surface area contributed by atoms with Gasteiger partial charge < -0.3 is 15.3 Å². The molecule has 31 heavy (non-hydrogen) atoms. The third-order valence-electron chi connectivity index (χ3n) is 6.38. The van der Waals surface area contributed by atoms with E-state index in [0.717, 1.165) is 25.1 Å². The lowest BCUT2D eigenvalue weighted by molar-refractivity contribution is -0.149. The summed E-state index contributed by atoms with van der Waals surface area (Å²) in [4.78, 5) is 42.0. The predicted molar refractivity (Wildman–Crippen MR) is 121 cm³/mol. The Hall–Kier alpha value is -2.41. The number of nitrogens with one attached hydrogen (secondary N) is 1. The molecule has 1 heterocycles. The van der Waals surface area contributed by atoms with Crippen LogP contribution in [0.4, 0.5) is 0 Å². The first kappa shape index (κ1) is 24.9. The number of hydrogen-bond acceptors (Lipinski definition) is 4. The molecular formula is C24H37N3O4. The number of aliphatic carboxylic acids is 1. The molecule has 0 aromatic heterocycles. The standard InChI is InChI=1S/C24H37N3O4/c1-5-17(4)21(26(6-2)7-3)22(28)25-19(16-18-12-9-8-10-13-18)23(29)27-15-11-14-20(27)24(30)31/h8-10,12-13,17,19-21H,5-7,11,14-16H2,1-4H3,(H,25,28)(H,30,31)/t17-,19-,20-,21-/m0/s1. The van der Waals surface area contributed by atoms with Crippen LogP contribution in [0, 0.1) is 5.92 Å². The number of benzene rings is 1. The third-order valence-corrected chi connectivity index (χ3v) is 6.38. The highest BCUT2D eigenvalue weighted by atomic mass is 16.4. The van der Waals surface area contributed by atoms with E-state index in [4.69, 9.17) is 0 Å². The highest BCUT2D eigenvalue weighted by molar-refractivity contribution is 5.92. The van der Waals surface area contributed by atoms with Crippen LogP contribution in [0.5, 0.6) is 0 Å². The van der Waals surface area contributed by atoms with E-state index in [1.165, 1.54) is 4.90 Å². The molecule has 1 fully saturated rings. The van der Waals surface area contributed by atoms with Crippen molar-refractivity contribution in [2.45, 2.75) is 71.5 Å². The Morgan fingerprint density at radius 2 is 1.81 bits per heavy atom. The summed E-state index contributed by atoms with van der Waals surface area (Å²) in [6, 6.07) is 7.58. The van der Waals surface area contributed by atoms with Crippen molar-refractivity contribution >= 4 is 17.8 Å². The largest absolute Gasteiger partial charge is 0.480 e. The van der Waals surface area contributed by atoms with Crippen molar-refractivity contribution in [2.24, 2.45) is 5.92 Å². The molecule has 1 aromatic carbocycles. The molecule has 1 aliphatic rings. The lowest BCUT2D eigenvalue weighted by atomic mass is 9.95. The quantitative estimate of drug-likeness (QED) is 0.562. The summed E-state index contributed by atoms with van der Waals surface area (Å²) in [5, 5.41) is 12.5. The van der Waals surface area contributed by atoms with Gasteiger partial charge in [0.2, 0.25) is 11.8 Å². The molecule has 0 aliphatic carbocycles. The number of rotatable bonds is 11. The van der Waals surface area contributed by atoms with E-state index in [1.807, 2.05) is 44.2 Å². The van der Waals surface area contributed by atoms with Crippen LogP contribution in [0.2, 0.25) is 0 Å². The van der Waals surface area contributed by atoms with Gasteiger partial charge in [-0.05, 0) is 37.4 Å². The van der Waals surface area contributed by atoms with Crippen molar-refractivity contribution in [2.75, 3.05) is 19.6 Å². The van der Waals surface area contributed by atoms with Crippen LogP contribution in [-0.4, -0.2) is 70.4 Å². The second-order valence-electron chi connectivity index (χ2n) is 8.33. The molecule has 0 bridgehead atoms. The highest BCUT2D eigenvalue weighted by Crippen LogP contribution is 2.21. The number of nitrogens with zero attached hydrogens (tertiary/aromatic N) is 2. The Balaban J connectivity index is 2.29. The number of likely N-dealkylation sites (N-methyl/N-ethyl adjacent to an activating group) is 1. The van der Waals surface area contributed by atoms with Crippen molar-refractivity contribution < 1.29 is 19.5 Å². The molecule has 2 amide bonds. The molecule has 7 nitrogen and oxygen atoms in total. The van der Waals surface area contributed by atoms with Crippen molar-refractivity contribution in [3.05, 3.63) is 35.9 Å². The van der Waals surface area contributed by atoms with Gasteiger partial charge in [-0.3, -0.25) is 14.5 Å². The number of carboxylic acids is 1. The minimum atomic E-state index is -0.990. The number of carbonyl (C=O) groups is 3. The number of likely N-dealkylation sites (tertiary alicyclic amines) is 1. The molecule has 0 saturated carbocycles. The van der Waals surface area contributed by atoms with Crippen molar-refractivity contribution in [1.82, 2.24) is 15.1 Å². The summed E-state index contributed by atoms with van der Waals surface area (Å²) in [5.74, 6) is -1.34. The molecule has 2 N–H and O–H groups in total. The molecule has 4 atom stereocenters. The van der Waals surface area contributed by atoms with Crippen LogP contribution >= 0.6 is 0 Å². The van der Waals surface area contributed by atoms with E-state index in [0.29, 0.717) is 25.8 Å². The van der Waals surface area contributed by atoms with Gasteiger partial charge in [0, 0.05) is 13.0 Å². The first-order valence-corrected chi connectivity index (χ1v) is 11.5. The summed E-state index contributed by atoms with van der Waals surface area (Å²) < 4.78 is 0. The average molecular weight is 432 g/mol. The van der Waals surface area contributed by atoms with Crippen LogP contribution in [-0.2, 0) is 20.8 Å². The topological polar surface area (TPSA) is 90.0 Å². The monoisotopic (exact) mass is 431 g/mol. The molecule has 0 unspecified atom stereocenters. The number of hydrogen-bond donors (Lipinski definition) is 2. The van der Waals surface area contributed by atoms with Gasteiger partial charge in [0.1, 0.15) is 12.1 Å². The maximum atomic E-state index is 13.4. The SMILES string of the molecule is CC[C@H](C)[C@@H](C(=O)N[C@@H](Cc1ccccc1)C(=O)N1CCC[C@H]1C(=O)O)N(CC)CC. The molecule has 0 spiro atoms. The minimum Gasteiger partial charge on any atom is -0.480 e. The molecule has 1 aliphatic heterocycles. The lowest BCUT2D eigenvalue weighted by Gasteiger charge is -2.35. The van der Waals surface area contributed by atoms with Gasteiger partial charge in [-0.25, -0.2) is 4.79 Å². The molecule has 172 valence electrons. The van der Waals surface area contributed by atoms with Crippen LogP contribution in [0.3, 0.4) is 0 Å². The number of carboxylic acid groups (broad SMARTS) is 1. The van der Waals surface area contributed by atoms with Gasteiger partial charge in [0.25, 0.3) is 0 Å². The highest BCUT2D eigenvalue weighted by Gasteiger charge is 2.39. The van der Waals surface area contributed by atoms with E-state index in [9.17, 15) is 19.5 Å². The zero-order chi connectivity index (χ0) is 23.0. The van der Waals surface area contributed by atoms with Crippen molar-refractivity contribution in [1.29, 1.82) is 0 Å². The Morgan fingerprint density at radius 1 is 1.16 bits per heavy atom. The Morgan fingerprint density at radius 3 is 2.35 bits per heavy atom. The van der Waals surface area contributed by atoms with Gasteiger partial charge in [-0.2, -0.15) is 0 Å². The molecular weight excluding hydrogens is 394 g/mol. The van der Waals surface area contributed by atoms with Crippen molar-refractivity contribution in [3.8, 4) is 0 Å². The average Bonchev–Trinajstić information content (AvgIpc) is 3.26. The Labute approximate surface area is 185 Å². The molecule has 1 saturated heterocycles. The summed E-state index contributed by atoms with van der Waals surface area (Å²) in [6.07, 6.45) is 2.28. The maximum absolute atomic E-state index is 13.4. The van der Waals surface area contributed by atoms with Crippen LogP contribution in [0.15, 0.2) is 30.3 Å². The molecule has 7 heteroatoms. The first-order valence-electron chi connectivity index (χ1n) is 11.5. The van der Waals surface area contributed by atoms with Crippen LogP contribution in [0.25, 0.3) is 0 Å². The van der Waals surface area contributed by atoms with Gasteiger partial charge in [-0.1, -0.05) is 64.4 Å². The van der Waals surface area contributed by atoms with Gasteiger partial charge in [0.15, 0.2) is 0 Å². The fourth-order valence-electron chi connectivity index (χ4n) is 4.42. The Bertz CT molecular complexity index is 736. The fourth-order valence-corrected chi connectivity index (χ4v) is 4.42. The number of amides is 2. The predicted octanol–water partition coefficient (Wildman–Crippen LogP) is 2.55. The van der Waals surface area contributed by atoms with E-state index in [2.05, 4.69) is 24.1 Å². The second-order valence-corrected chi connectivity index (χ2v) is 8.33. The van der Waals surface area contributed by atoms with E-state index >= 15 is 0 Å². The second kappa shape index (κ2) is 11.8. The maximum Gasteiger partial charge on any atom is 0.326 e. The summed E-state index contributed by atoms with van der Waals surface area (Å²) >= 11 is 0. The minimum absolute atomic E-state index is 0.130. The third kappa shape index (κ3) is 6.29. The zero-order valence-corrected chi connectivity index (χ0v) is 19.2. The smallest absolute Gasteiger partial charge is 0.326 e.